The molecule has 1 atom stereocenters. The number of rotatable bonds is 6. The number of hydrogen-bond acceptors (Lipinski definition) is 3. The van der Waals surface area contributed by atoms with Gasteiger partial charge in [-0.1, -0.05) is 38.9 Å². The van der Waals surface area contributed by atoms with Crippen molar-refractivity contribution in [1.29, 1.82) is 0 Å². The Morgan fingerprint density at radius 3 is 2.33 bits per heavy atom. The first-order chi connectivity index (χ1) is 7.20. The molecule has 0 N–H and O–H groups in total. The molecule has 0 bridgehead atoms. The van der Waals surface area contributed by atoms with Crippen LogP contribution < -0.4 is 5.30 Å². The summed E-state index contributed by atoms with van der Waals surface area (Å²) in [5.74, 6) is 0. The molecule has 1 aromatic rings. The first kappa shape index (κ1) is 12.9. The van der Waals surface area contributed by atoms with Gasteiger partial charge in [0.25, 0.3) is 0 Å². The second-order valence-electron chi connectivity index (χ2n) is 2.99. The summed E-state index contributed by atoms with van der Waals surface area (Å²) in [6.45, 7) is 0. The van der Waals surface area contributed by atoms with Gasteiger partial charge in [0, 0.05) is 14.2 Å². The molecule has 1 rings (SSSR count). The third-order valence-electron chi connectivity index (χ3n) is 2.04. The molecular weight excluding hydrogens is 230 g/mol. The normalized spacial score (nSPS) is 12.4. The van der Waals surface area contributed by atoms with Crippen molar-refractivity contribution in [3.8, 4) is 0 Å². The van der Waals surface area contributed by atoms with Gasteiger partial charge in [0.05, 0.1) is 6.16 Å². The lowest BCUT2D eigenvalue weighted by Crippen LogP contribution is -2.00. The zero-order valence-corrected chi connectivity index (χ0v) is 10.9. The maximum absolute atomic E-state index is 11.7. The molecule has 0 heterocycles. The topological polar surface area (TPSA) is 35.5 Å². The van der Waals surface area contributed by atoms with E-state index in [1.165, 1.54) is 19.5 Å². The highest BCUT2D eigenvalue weighted by Gasteiger charge is 2.19. The molecule has 0 spiro atoms. The molecule has 0 amide bonds. The third-order valence-corrected chi connectivity index (χ3v) is 5.59. The summed E-state index contributed by atoms with van der Waals surface area (Å²) in [5.41, 5.74) is 0. The highest BCUT2D eigenvalue weighted by Crippen LogP contribution is 2.46. The predicted octanol–water partition coefficient (Wildman–Crippen LogP) is 2.48. The van der Waals surface area contributed by atoms with Crippen molar-refractivity contribution in [2.24, 2.45) is 0 Å². The Kier molecular flexibility index (Phi) is 5.49. The zero-order valence-electron chi connectivity index (χ0n) is 8.97. The Bertz CT molecular complexity index is 319. The fraction of sp³-hybridized carbons (Fsp3) is 0.400. The molecule has 0 aliphatic carbocycles. The molecule has 0 saturated carbocycles. The van der Waals surface area contributed by atoms with Gasteiger partial charge < -0.3 is 9.05 Å². The van der Waals surface area contributed by atoms with Crippen LogP contribution in [0.15, 0.2) is 30.3 Å². The fourth-order valence-electron chi connectivity index (χ4n) is 1.15. The first-order valence-electron chi connectivity index (χ1n) is 4.69. The van der Waals surface area contributed by atoms with E-state index in [-0.39, 0.29) is 0 Å². The Balaban J connectivity index is 2.36. The van der Waals surface area contributed by atoms with Crippen LogP contribution in [-0.2, 0) is 13.6 Å². The van der Waals surface area contributed by atoms with Gasteiger partial charge in [-0.15, -0.1) is 0 Å². The Labute approximate surface area is 92.5 Å². The van der Waals surface area contributed by atoms with Gasteiger partial charge in [0.1, 0.15) is 0 Å². The van der Waals surface area contributed by atoms with E-state index in [0.29, 0.717) is 14.7 Å². The van der Waals surface area contributed by atoms with Crippen molar-refractivity contribution in [2.75, 3.05) is 26.5 Å². The van der Waals surface area contributed by atoms with Crippen LogP contribution in [0.2, 0.25) is 0 Å². The minimum atomic E-state index is -2.81. The summed E-state index contributed by atoms with van der Waals surface area (Å²) in [5, 5.41) is 1.27. The molecule has 3 nitrogen and oxygen atoms in total. The second-order valence-corrected chi connectivity index (χ2v) is 6.82. The van der Waals surface area contributed by atoms with Crippen LogP contribution in [0.3, 0.4) is 0 Å². The molecule has 1 aromatic carbocycles. The van der Waals surface area contributed by atoms with Crippen LogP contribution >= 0.6 is 16.2 Å². The molecule has 15 heavy (non-hydrogen) atoms. The number of benzene rings is 1. The molecule has 0 radical (unpaired) electrons. The van der Waals surface area contributed by atoms with Crippen LogP contribution in [0.4, 0.5) is 0 Å². The highest BCUT2D eigenvalue weighted by molar-refractivity contribution is 7.55. The minimum absolute atomic E-state index is 0.480. The summed E-state index contributed by atoms with van der Waals surface area (Å²) in [6, 6.07) is 10.2. The summed E-state index contributed by atoms with van der Waals surface area (Å²) in [6.07, 6.45) is 1.32. The number of hydrogen-bond donors (Lipinski definition) is 0. The van der Waals surface area contributed by atoms with Crippen molar-refractivity contribution in [3.05, 3.63) is 30.3 Å². The van der Waals surface area contributed by atoms with Crippen molar-refractivity contribution in [1.82, 2.24) is 0 Å². The lowest BCUT2D eigenvalue weighted by molar-refractivity contribution is 0.277. The molecule has 0 aromatic heterocycles. The van der Waals surface area contributed by atoms with Gasteiger partial charge in [-0.05, 0) is 11.5 Å². The van der Waals surface area contributed by atoms with Crippen LogP contribution in [0, 0.1) is 0 Å². The van der Waals surface area contributed by atoms with Crippen molar-refractivity contribution in [3.63, 3.8) is 0 Å². The first-order valence-corrected chi connectivity index (χ1v) is 7.63. The summed E-state index contributed by atoms with van der Waals surface area (Å²) < 4.78 is 21.4. The van der Waals surface area contributed by atoms with E-state index in [0.717, 1.165) is 6.16 Å². The van der Waals surface area contributed by atoms with E-state index in [4.69, 9.17) is 9.05 Å². The fourth-order valence-corrected chi connectivity index (χ4v) is 3.92. The summed E-state index contributed by atoms with van der Waals surface area (Å²) >= 11 is 0. The third kappa shape index (κ3) is 4.44. The van der Waals surface area contributed by atoms with E-state index in [1.54, 1.807) is 0 Å². The Morgan fingerprint density at radius 2 is 1.80 bits per heavy atom. The largest absolute Gasteiger partial charge is 0.330 e. The molecule has 0 aliphatic rings. The molecule has 5 heteroatoms. The Morgan fingerprint density at radius 1 is 1.20 bits per heavy atom. The van der Waals surface area contributed by atoms with Gasteiger partial charge in [-0.25, -0.2) is 0 Å². The summed E-state index contributed by atoms with van der Waals surface area (Å²) in [7, 11) is 0.694. The van der Waals surface area contributed by atoms with E-state index in [9.17, 15) is 4.57 Å². The zero-order chi connectivity index (χ0) is 11.1. The van der Waals surface area contributed by atoms with Crippen LogP contribution in [0.1, 0.15) is 0 Å². The molecule has 0 fully saturated rings. The lowest BCUT2D eigenvalue weighted by Gasteiger charge is -2.12. The Hall–Kier alpha value is -0.200. The molecule has 0 aliphatic heterocycles. The van der Waals surface area contributed by atoms with E-state index >= 15 is 0 Å². The average molecular weight is 246 g/mol. The van der Waals surface area contributed by atoms with Crippen molar-refractivity contribution >= 4 is 21.5 Å². The van der Waals surface area contributed by atoms with Crippen LogP contribution in [0.5, 0.6) is 0 Å². The van der Waals surface area contributed by atoms with E-state index < -0.39 is 7.60 Å². The quantitative estimate of drug-likeness (QED) is 0.723. The molecule has 84 valence electrons. The maximum Gasteiger partial charge on any atom is 0.330 e. The van der Waals surface area contributed by atoms with E-state index in [1.807, 2.05) is 18.2 Å². The predicted molar refractivity (Wildman–Crippen MR) is 65.7 cm³/mol. The molecular formula is C10H16O3P2. The average Bonchev–Trinajstić information content (AvgIpc) is 2.30. The minimum Gasteiger partial charge on any atom is -0.312 e. The molecule has 0 saturated heterocycles. The monoisotopic (exact) mass is 246 g/mol. The van der Waals surface area contributed by atoms with Gasteiger partial charge in [-0.2, -0.15) is 0 Å². The van der Waals surface area contributed by atoms with Crippen LogP contribution in [0.25, 0.3) is 0 Å². The second kappa shape index (κ2) is 6.40. The summed E-state index contributed by atoms with van der Waals surface area (Å²) in [4.78, 5) is 0. The van der Waals surface area contributed by atoms with Crippen molar-refractivity contribution < 1.29 is 13.6 Å². The van der Waals surface area contributed by atoms with Crippen LogP contribution in [-0.4, -0.2) is 26.5 Å². The SMILES string of the molecule is COP(=O)(CCPc1ccccc1)OC. The van der Waals surface area contributed by atoms with Gasteiger partial charge in [-0.3, -0.25) is 4.57 Å². The van der Waals surface area contributed by atoms with Gasteiger partial charge in [0.2, 0.25) is 0 Å². The molecule has 1 unspecified atom stereocenters. The smallest absolute Gasteiger partial charge is 0.312 e. The maximum atomic E-state index is 11.7. The van der Waals surface area contributed by atoms with Crippen molar-refractivity contribution in [2.45, 2.75) is 0 Å². The van der Waals surface area contributed by atoms with Gasteiger partial charge >= 0.3 is 7.60 Å². The highest BCUT2D eigenvalue weighted by atomic mass is 31.2. The van der Waals surface area contributed by atoms with Gasteiger partial charge in [0.15, 0.2) is 0 Å². The lowest BCUT2D eigenvalue weighted by atomic mass is 10.4. The van der Waals surface area contributed by atoms with E-state index in [2.05, 4.69) is 12.1 Å². The standard InChI is InChI=1S/C10H16O3P2/c1-12-15(11,13-2)9-8-14-10-6-4-3-5-7-10/h3-7,14H,8-9H2,1-2H3.